The number of aliphatic hydroxyl groups is 1. The Kier molecular flexibility index (Phi) is 9.27. The van der Waals surface area contributed by atoms with Gasteiger partial charge in [0.15, 0.2) is 6.29 Å². The molecule has 5 aromatic rings. The molecule has 0 aliphatic carbocycles. The molecule has 7 nitrogen and oxygen atoms in total. The van der Waals surface area contributed by atoms with Crippen molar-refractivity contribution in [2.75, 3.05) is 11.4 Å². The molecule has 1 saturated heterocycles. The number of imide groups is 1. The van der Waals surface area contributed by atoms with E-state index >= 15 is 0 Å². The Hall–Kier alpha value is -4.92. The molecule has 0 saturated carbocycles. The zero-order chi connectivity index (χ0) is 33.0. The van der Waals surface area contributed by atoms with Crippen molar-refractivity contribution < 1.29 is 24.2 Å². The van der Waals surface area contributed by atoms with Gasteiger partial charge in [0.2, 0.25) is 0 Å². The van der Waals surface area contributed by atoms with E-state index in [2.05, 4.69) is 60.4 Å². The van der Waals surface area contributed by atoms with E-state index in [1.807, 2.05) is 48.5 Å². The summed E-state index contributed by atoms with van der Waals surface area (Å²) in [5.41, 5.74) is 6.42. The number of aliphatic hydroxyl groups excluding tert-OH is 1. The lowest BCUT2D eigenvalue weighted by Crippen LogP contribution is -2.44. The average Bonchev–Trinajstić information content (AvgIpc) is 3.39. The summed E-state index contributed by atoms with van der Waals surface area (Å²) in [6, 6.07) is 43.0. The fourth-order valence-electron chi connectivity index (χ4n) is 6.66. The number of amides is 2. The molecule has 0 aromatic heterocycles. The maximum absolute atomic E-state index is 13.1. The van der Waals surface area contributed by atoms with Crippen molar-refractivity contribution in [3.05, 3.63) is 172 Å². The maximum atomic E-state index is 13.1. The molecular formula is C41H38N2O5. The summed E-state index contributed by atoms with van der Waals surface area (Å²) < 4.78 is 13.5. The minimum atomic E-state index is -0.680. The summed E-state index contributed by atoms with van der Waals surface area (Å²) >= 11 is 0. The lowest BCUT2D eigenvalue weighted by molar-refractivity contribution is -0.276. The second-order valence-electron chi connectivity index (χ2n) is 12.5. The highest BCUT2D eigenvalue weighted by molar-refractivity contribution is 6.34. The minimum absolute atomic E-state index is 0.00731. The van der Waals surface area contributed by atoms with Crippen molar-refractivity contribution in [1.29, 1.82) is 0 Å². The molecule has 1 N–H and O–H groups in total. The Morgan fingerprint density at radius 2 is 1.15 bits per heavy atom. The van der Waals surface area contributed by atoms with Gasteiger partial charge in [0.25, 0.3) is 11.8 Å². The fourth-order valence-corrected chi connectivity index (χ4v) is 6.66. The van der Waals surface area contributed by atoms with Crippen LogP contribution in [0, 0.1) is 5.92 Å². The van der Waals surface area contributed by atoms with Crippen LogP contribution in [-0.2, 0) is 29.2 Å². The van der Waals surface area contributed by atoms with Crippen LogP contribution in [-0.4, -0.2) is 34.5 Å². The molecule has 242 valence electrons. The van der Waals surface area contributed by atoms with Crippen LogP contribution in [0.15, 0.2) is 133 Å². The third-order valence-corrected chi connectivity index (χ3v) is 9.28. The standard InChI is InChI=1S/C41H38N2O5/c1-28-37(26-42(24-29-10-4-2-5-11-29)25-30-12-6-3-7-13-30)47-41(48-38(28)32-18-16-31(27-44)17-19-32)33-20-22-34(23-21-33)43-39(45)35-14-8-9-15-36(35)40(43)46/h2-23,28,37-38,41,44H,24-27H2,1H3/t28-,37+,38+,41+/m0/s1. The van der Waals surface area contributed by atoms with Gasteiger partial charge in [-0.25, -0.2) is 4.90 Å². The summed E-state index contributed by atoms with van der Waals surface area (Å²) in [7, 11) is 0. The van der Waals surface area contributed by atoms with Gasteiger partial charge in [-0.15, -0.1) is 0 Å². The molecule has 2 amide bonds. The van der Waals surface area contributed by atoms with Gasteiger partial charge in [0.05, 0.1) is 35.6 Å². The quantitative estimate of drug-likeness (QED) is 0.160. The molecule has 0 unspecified atom stereocenters. The van der Waals surface area contributed by atoms with Crippen LogP contribution in [0.25, 0.3) is 0 Å². The minimum Gasteiger partial charge on any atom is -0.392 e. The molecule has 7 heteroatoms. The summed E-state index contributed by atoms with van der Waals surface area (Å²) in [4.78, 5) is 29.9. The number of fused-ring (bicyclic) bond motifs is 1. The summed E-state index contributed by atoms with van der Waals surface area (Å²) in [5.74, 6) is -0.649. The van der Waals surface area contributed by atoms with Crippen LogP contribution in [0.3, 0.4) is 0 Å². The Morgan fingerprint density at radius 3 is 1.69 bits per heavy atom. The lowest BCUT2D eigenvalue weighted by atomic mass is 9.89. The highest BCUT2D eigenvalue weighted by Gasteiger charge is 2.40. The lowest BCUT2D eigenvalue weighted by Gasteiger charge is -2.43. The third-order valence-electron chi connectivity index (χ3n) is 9.28. The Bertz CT molecular complexity index is 1790. The second-order valence-corrected chi connectivity index (χ2v) is 12.5. The fraction of sp³-hybridized carbons (Fsp3) is 0.220. The van der Waals surface area contributed by atoms with E-state index in [1.165, 1.54) is 16.0 Å². The molecule has 2 aliphatic heterocycles. The first kappa shape index (κ1) is 31.7. The number of carbonyl (C=O) groups is 2. The molecule has 0 bridgehead atoms. The number of nitrogens with zero attached hydrogens (tertiary/aromatic N) is 2. The Balaban J connectivity index is 1.17. The van der Waals surface area contributed by atoms with E-state index < -0.39 is 6.29 Å². The smallest absolute Gasteiger partial charge is 0.266 e. The van der Waals surface area contributed by atoms with Gasteiger partial charge in [-0.05, 0) is 46.5 Å². The number of benzene rings is 5. The number of carbonyl (C=O) groups excluding carboxylic acids is 2. The van der Waals surface area contributed by atoms with Gasteiger partial charge >= 0.3 is 0 Å². The molecule has 2 aliphatic rings. The van der Waals surface area contributed by atoms with Crippen LogP contribution in [0.1, 0.15) is 67.9 Å². The molecule has 0 radical (unpaired) electrons. The van der Waals surface area contributed by atoms with Crippen molar-refractivity contribution in [3.8, 4) is 0 Å². The molecule has 5 aromatic carbocycles. The molecule has 4 atom stereocenters. The van der Waals surface area contributed by atoms with Crippen molar-refractivity contribution in [2.45, 2.75) is 45.1 Å². The highest BCUT2D eigenvalue weighted by atomic mass is 16.7. The summed E-state index contributed by atoms with van der Waals surface area (Å²) in [6.07, 6.45) is -1.14. The SMILES string of the molecule is C[C@H]1[C@@H](CN(Cc2ccccc2)Cc2ccccc2)O[C@@H](c2ccc(N3C(=O)c4ccccc4C3=O)cc2)O[C@H]1c1ccc(CO)cc1. The molecule has 7 rings (SSSR count). The Labute approximate surface area is 281 Å². The second kappa shape index (κ2) is 14.1. The number of hydrogen-bond acceptors (Lipinski definition) is 6. The number of ether oxygens (including phenoxy) is 2. The van der Waals surface area contributed by atoms with E-state index in [1.54, 1.807) is 36.4 Å². The molecule has 48 heavy (non-hydrogen) atoms. The van der Waals surface area contributed by atoms with Crippen LogP contribution >= 0.6 is 0 Å². The summed E-state index contributed by atoms with van der Waals surface area (Å²) in [5, 5.41) is 9.65. The van der Waals surface area contributed by atoms with Gasteiger partial charge in [-0.2, -0.15) is 0 Å². The van der Waals surface area contributed by atoms with E-state index in [0.29, 0.717) is 23.4 Å². The van der Waals surface area contributed by atoms with Crippen molar-refractivity contribution in [1.82, 2.24) is 4.90 Å². The topological polar surface area (TPSA) is 79.3 Å². The van der Waals surface area contributed by atoms with Crippen molar-refractivity contribution >= 4 is 17.5 Å². The average molecular weight is 639 g/mol. The zero-order valence-electron chi connectivity index (χ0n) is 26.8. The largest absolute Gasteiger partial charge is 0.392 e. The van der Waals surface area contributed by atoms with Crippen LogP contribution in [0.4, 0.5) is 5.69 Å². The van der Waals surface area contributed by atoms with Crippen molar-refractivity contribution in [2.24, 2.45) is 5.92 Å². The van der Waals surface area contributed by atoms with E-state index in [0.717, 1.165) is 29.8 Å². The van der Waals surface area contributed by atoms with E-state index in [9.17, 15) is 14.7 Å². The van der Waals surface area contributed by atoms with Gasteiger partial charge < -0.3 is 14.6 Å². The van der Waals surface area contributed by atoms with Crippen molar-refractivity contribution in [3.63, 3.8) is 0 Å². The monoisotopic (exact) mass is 638 g/mol. The first-order valence-corrected chi connectivity index (χ1v) is 16.4. The highest BCUT2D eigenvalue weighted by Crippen LogP contribution is 2.42. The molecule has 0 spiro atoms. The van der Waals surface area contributed by atoms with Gasteiger partial charge in [-0.1, -0.05) is 116 Å². The third kappa shape index (κ3) is 6.59. The van der Waals surface area contributed by atoms with Crippen LogP contribution in [0.5, 0.6) is 0 Å². The van der Waals surface area contributed by atoms with Crippen LogP contribution < -0.4 is 4.90 Å². The molecular weight excluding hydrogens is 600 g/mol. The number of hydrogen-bond donors (Lipinski definition) is 1. The van der Waals surface area contributed by atoms with Gasteiger partial charge in [-0.3, -0.25) is 14.5 Å². The van der Waals surface area contributed by atoms with Gasteiger partial charge in [0.1, 0.15) is 0 Å². The van der Waals surface area contributed by atoms with Crippen LogP contribution in [0.2, 0.25) is 0 Å². The molecule has 1 fully saturated rings. The van der Waals surface area contributed by atoms with E-state index in [-0.39, 0.29) is 36.5 Å². The normalized spacial score (nSPS) is 20.7. The first-order valence-electron chi connectivity index (χ1n) is 16.4. The zero-order valence-corrected chi connectivity index (χ0v) is 26.8. The molecule has 2 heterocycles. The predicted molar refractivity (Wildman–Crippen MR) is 184 cm³/mol. The Morgan fingerprint density at radius 1 is 0.625 bits per heavy atom. The number of rotatable bonds is 10. The predicted octanol–water partition coefficient (Wildman–Crippen LogP) is 7.47. The summed E-state index contributed by atoms with van der Waals surface area (Å²) in [6.45, 7) is 4.34. The van der Waals surface area contributed by atoms with E-state index in [4.69, 9.17) is 9.47 Å². The maximum Gasteiger partial charge on any atom is 0.266 e. The first-order chi connectivity index (χ1) is 23.5. The number of anilines is 1. The van der Waals surface area contributed by atoms with Gasteiger partial charge in [0, 0.05) is 31.1 Å².